The van der Waals surface area contributed by atoms with Gasteiger partial charge in [0.1, 0.15) is 7.11 Å². The Hall–Kier alpha value is -1.69. The van der Waals surface area contributed by atoms with Gasteiger partial charge in [0.15, 0.2) is 4.32 Å². The molecule has 112 valence electrons. The molecule has 0 spiro atoms. The monoisotopic (exact) mass is 351 g/mol. The van der Waals surface area contributed by atoms with Crippen molar-refractivity contribution in [1.29, 1.82) is 0 Å². The van der Waals surface area contributed by atoms with Gasteiger partial charge in [-0.1, -0.05) is 53.1 Å². The topological polar surface area (TPSA) is 54.3 Å². The summed E-state index contributed by atoms with van der Waals surface area (Å²) in [6.07, 6.45) is 1.97. The molecule has 1 aromatic rings. The molecule has 1 aromatic carbocycles. The van der Waals surface area contributed by atoms with Crippen molar-refractivity contribution in [3.8, 4) is 0 Å². The number of nitrogens with zero attached hydrogens (tertiary/aromatic N) is 3. The minimum Gasteiger partial charge on any atom is -0.399 e. The average molecular weight is 352 g/mol. The van der Waals surface area contributed by atoms with Crippen molar-refractivity contribution in [2.75, 3.05) is 12.1 Å². The van der Waals surface area contributed by atoms with Gasteiger partial charge in [-0.15, -0.1) is 0 Å². The van der Waals surface area contributed by atoms with Crippen LogP contribution in [0, 0.1) is 5.92 Å². The number of alkyl halides is 1. The summed E-state index contributed by atoms with van der Waals surface area (Å²) in [5.41, 5.74) is 1.55. The fourth-order valence-corrected chi connectivity index (χ4v) is 3.11. The number of para-hydroxylation sites is 1. The largest absolute Gasteiger partial charge is 0.399 e. The van der Waals surface area contributed by atoms with Crippen molar-refractivity contribution in [1.82, 2.24) is 0 Å². The van der Waals surface area contributed by atoms with Gasteiger partial charge in [0, 0.05) is 12.6 Å². The van der Waals surface area contributed by atoms with Gasteiger partial charge in [0.2, 0.25) is 0 Å². The molecular formula is C15H18BrN3O2. The van der Waals surface area contributed by atoms with Crippen molar-refractivity contribution < 1.29 is 9.63 Å². The maximum absolute atomic E-state index is 12.8. The lowest BCUT2D eigenvalue weighted by Crippen LogP contribution is -2.43. The van der Waals surface area contributed by atoms with Crippen LogP contribution in [0.25, 0.3) is 0 Å². The lowest BCUT2D eigenvalue weighted by molar-refractivity contribution is -0.118. The van der Waals surface area contributed by atoms with Crippen molar-refractivity contribution in [3.63, 3.8) is 0 Å². The van der Waals surface area contributed by atoms with E-state index in [1.54, 1.807) is 6.21 Å². The Morgan fingerprint density at radius 3 is 2.67 bits per heavy atom. The molecule has 21 heavy (non-hydrogen) atoms. The lowest BCUT2D eigenvalue weighted by Gasteiger charge is -2.22. The Kier molecular flexibility index (Phi) is 4.77. The fraction of sp³-hybridized carbons (Fsp3) is 0.400. The summed E-state index contributed by atoms with van der Waals surface area (Å²) < 4.78 is -0.862. The highest BCUT2D eigenvalue weighted by Gasteiger charge is 2.49. The van der Waals surface area contributed by atoms with Gasteiger partial charge >= 0.3 is 0 Å². The van der Waals surface area contributed by atoms with E-state index < -0.39 is 4.32 Å². The first-order valence-corrected chi connectivity index (χ1v) is 7.52. The summed E-state index contributed by atoms with van der Waals surface area (Å²) in [5, 5.41) is 9.70. The Labute approximate surface area is 132 Å². The molecule has 1 amide bonds. The van der Waals surface area contributed by atoms with Crippen molar-refractivity contribution in [3.05, 3.63) is 30.3 Å². The van der Waals surface area contributed by atoms with E-state index in [0.29, 0.717) is 6.42 Å². The van der Waals surface area contributed by atoms with Crippen LogP contribution in [0.4, 0.5) is 5.69 Å². The normalized spacial score (nSPS) is 22.2. The number of halogens is 1. The molecule has 0 bridgehead atoms. The lowest BCUT2D eigenvalue weighted by atomic mass is 9.92. The van der Waals surface area contributed by atoms with Gasteiger partial charge < -0.3 is 4.84 Å². The number of anilines is 1. The smallest absolute Gasteiger partial charge is 0.270 e. The van der Waals surface area contributed by atoms with E-state index in [2.05, 4.69) is 31.0 Å². The summed E-state index contributed by atoms with van der Waals surface area (Å²) in [6.45, 7) is 4.04. The summed E-state index contributed by atoms with van der Waals surface area (Å²) in [6, 6.07) is 9.40. The van der Waals surface area contributed by atoms with Gasteiger partial charge in [-0.3, -0.25) is 4.79 Å². The summed E-state index contributed by atoms with van der Waals surface area (Å²) in [7, 11) is 1.47. The predicted molar refractivity (Wildman–Crippen MR) is 88.0 cm³/mol. The predicted octanol–water partition coefficient (Wildman–Crippen LogP) is 3.20. The van der Waals surface area contributed by atoms with Crippen LogP contribution in [0.5, 0.6) is 0 Å². The van der Waals surface area contributed by atoms with E-state index in [0.717, 1.165) is 11.4 Å². The molecule has 0 saturated heterocycles. The second-order valence-electron chi connectivity index (χ2n) is 5.07. The minimum atomic E-state index is -0.862. The number of rotatable bonds is 5. The van der Waals surface area contributed by atoms with Crippen LogP contribution in [-0.2, 0) is 9.63 Å². The second kappa shape index (κ2) is 6.39. The van der Waals surface area contributed by atoms with E-state index >= 15 is 0 Å². The third kappa shape index (κ3) is 3.00. The van der Waals surface area contributed by atoms with Crippen LogP contribution in [-0.4, -0.2) is 29.3 Å². The number of carbonyl (C=O) groups excluding carboxylic acids is 1. The van der Waals surface area contributed by atoms with Crippen LogP contribution < -0.4 is 5.01 Å². The van der Waals surface area contributed by atoms with Crippen LogP contribution in [0.2, 0.25) is 0 Å². The number of hydrazone groups is 1. The zero-order chi connectivity index (χ0) is 15.5. The molecule has 0 radical (unpaired) electrons. The number of hydrogen-bond donors (Lipinski definition) is 0. The minimum absolute atomic E-state index is 0.111. The molecule has 1 heterocycles. The highest BCUT2D eigenvalue weighted by molar-refractivity contribution is 9.10. The molecule has 0 fully saturated rings. The van der Waals surface area contributed by atoms with Gasteiger partial charge in [-0.2, -0.15) is 10.1 Å². The summed E-state index contributed by atoms with van der Waals surface area (Å²) >= 11 is 3.58. The van der Waals surface area contributed by atoms with E-state index in [1.807, 2.05) is 44.2 Å². The molecule has 6 heteroatoms. The first-order valence-electron chi connectivity index (χ1n) is 6.73. The second-order valence-corrected chi connectivity index (χ2v) is 6.42. The van der Waals surface area contributed by atoms with E-state index in [9.17, 15) is 4.79 Å². The van der Waals surface area contributed by atoms with Crippen LogP contribution >= 0.6 is 15.9 Å². The van der Waals surface area contributed by atoms with Crippen molar-refractivity contribution in [2.24, 2.45) is 16.2 Å². The van der Waals surface area contributed by atoms with Crippen LogP contribution in [0.3, 0.4) is 0 Å². The number of amides is 1. The molecule has 5 nitrogen and oxygen atoms in total. The van der Waals surface area contributed by atoms with Crippen LogP contribution in [0.15, 0.2) is 40.6 Å². The molecule has 0 aliphatic carbocycles. The average Bonchev–Trinajstić information content (AvgIpc) is 2.73. The highest BCUT2D eigenvalue weighted by Crippen LogP contribution is 2.37. The Morgan fingerprint density at radius 1 is 1.43 bits per heavy atom. The molecule has 1 aliphatic rings. The molecule has 0 N–H and O–H groups in total. The molecular weight excluding hydrogens is 334 g/mol. The van der Waals surface area contributed by atoms with Gasteiger partial charge in [-0.25, -0.2) is 0 Å². The number of benzene rings is 1. The van der Waals surface area contributed by atoms with Crippen molar-refractivity contribution in [2.45, 2.75) is 24.6 Å². The summed E-state index contributed by atoms with van der Waals surface area (Å²) in [5.74, 6) is 0.0259. The summed E-state index contributed by atoms with van der Waals surface area (Å²) in [4.78, 5) is 17.5. The first kappa shape index (κ1) is 15.7. The van der Waals surface area contributed by atoms with Crippen LogP contribution in [0.1, 0.15) is 20.3 Å². The molecule has 0 saturated carbocycles. The number of carbonyl (C=O) groups is 1. The maximum Gasteiger partial charge on any atom is 0.270 e. The molecule has 0 aromatic heterocycles. The molecule has 1 aliphatic heterocycles. The van der Waals surface area contributed by atoms with E-state index in [-0.39, 0.29) is 11.8 Å². The number of hydrogen-bond acceptors (Lipinski definition) is 4. The van der Waals surface area contributed by atoms with Gasteiger partial charge in [-0.05, 0) is 18.1 Å². The first-order chi connectivity index (χ1) is 10.0. The molecule has 2 rings (SSSR count). The Bertz CT molecular complexity index is 572. The maximum atomic E-state index is 12.8. The zero-order valence-corrected chi connectivity index (χ0v) is 13.9. The highest BCUT2D eigenvalue weighted by atomic mass is 79.9. The van der Waals surface area contributed by atoms with Gasteiger partial charge in [0.25, 0.3) is 5.91 Å². The fourth-order valence-electron chi connectivity index (χ4n) is 2.26. The SMILES string of the molecule is CON=CCC1(Br)C(=O)N(c2ccccc2)N=C1C(C)C. The third-order valence-electron chi connectivity index (χ3n) is 3.25. The Balaban J connectivity index is 2.37. The third-order valence-corrected chi connectivity index (χ3v) is 4.31. The quantitative estimate of drug-likeness (QED) is 0.464. The van der Waals surface area contributed by atoms with E-state index in [4.69, 9.17) is 0 Å². The zero-order valence-electron chi connectivity index (χ0n) is 12.3. The molecule has 1 unspecified atom stereocenters. The number of oxime groups is 1. The van der Waals surface area contributed by atoms with Crippen molar-refractivity contribution >= 4 is 39.5 Å². The molecule has 1 atom stereocenters. The Morgan fingerprint density at radius 2 is 2.10 bits per heavy atom. The van der Waals surface area contributed by atoms with E-state index in [1.165, 1.54) is 12.1 Å². The van der Waals surface area contributed by atoms with Gasteiger partial charge in [0.05, 0.1) is 11.4 Å². The standard InChI is InChI=1S/C15H18BrN3O2/c1-11(2)13-15(16,9-10-17-21-3)14(20)19(18-13)12-7-5-4-6-8-12/h4-8,10-11H,9H2,1-3H3.